The number of halogens is 2. The van der Waals surface area contributed by atoms with Crippen molar-refractivity contribution >= 4 is 45.1 Å². The lowest BCUT2D eigenvalue weighted by atomic mass is 9.66. The van der Waals surface area contributed by atoms with Crippen LogP contribution in [0.3, 0.4) is 0 Å². The van der Waals surface area contributed by atoms with E-state index in [4.69, 9.17) is 23.2 Å². The van der Waals surface area contributed by atoms with Crippen molar-refractivity contribution in [2.45, 2.75) is 75.6 Å². The number of aliphatic carboxylic acids is 1. The molecule has 4 rings (SSSR count). The molecule has 212 valence electrons. The van der Waals surface area contributed by atoms with Crippen LogP contribution >= 0.6 is 23.2 Å². The SMILES string of the molecule is C[C@@H](CCN(C)S(=O)(=O)C1CC1)N1C(=O)[C@@](C)(CCC(=O)O)C[C@H](c2cccc(Cl)c2)[C@H]1c1ccc(Cl)cc1. The average Bonchev–Trinajstić information content (AvgIpc) is 3.74. The normalized spacial score (nSPS) is 24.7. The summed E-state index contributed by atoms with van der Waals surface area (Å²) in [4.78, 5) is 27.7. The molecule has 2 aromatic carbocycles. The molecule has 7 nitrogen and oxygen atoms in total. The topological polar surface area (TPSA) is 95.0 Å². The summed E-state index contributed by atoms with van der Waals surface area (Å²) in [6.45, 7) is 4.07. The molecule has 39 heavy (non-hydrogen) atoms. The summed E-state index contributed by atoms with van der Waals surface area (Å²) >= 11 is 12.6. The predicted octanol–water partition coefficient (Wildman–Crippen LogP) is 6.12. The van der Waals surface area contributed by atoms with Gasteiger partial charge in [0.25, 0.3) is 0 Å². The fraction of sp³-hybridized carbons (Fsp3) is 0.517. The van der Waals surface area contributed by atoms with Crippen molar-refractivity contribution in [1.29, 1.82) is 0 Å². The van der Waals surface area contributed by atoms with E-state index in [2.05, 4.69) is 0 Å². The van der Waals surface area contributed by atoms with Gasteiger partial charge >= 0.3 is 5.97 Å². The van der Waals surface area contributed by atoms with E-state index >= 15 is 0 Å². The van der Waals surface area contributed by atoms with Crippen LogP contribution in [-0.2, 0) is 19.6 Å². The van der Waals surface area contributed by atoms with Crippen molar-refractivity contribution in [3.05, 3.63) is 69.7 Å². The summed E-state index contributed by atoms with van der Waals surface area (Å²) in [5, 5.41) is 10.3. The molecule has 1 N–H and O–H groups in total. The van der Waals surface area contributed by atoms with Crippen molar-refractivity contribution in [2.75, 3.05) is 13.6 Å². The fourth-order valence-electron chi connectivity index (χ4n) is 5.73. The molecule has 0 aromatic heterocycles. The fourth-order valence-corrected chi connectivity index (χ4v) is 7.65. The molecule has 1 saturated heterocycles. The third-order valence-corrected chi connectivity index (χ3v) is 11.1. The second kappa shape index (κ2) is 11.8. The van der Waals surface area contributed by atoms with Gasteiger partial charge < -0.3 is 10.0 Å². The first-order valence-electron chi connectivity index (χ1n) is 13.3. The van der Waals surface area contributed by atoms with Gasteiger partial charge in [0.05, 0.1) is 11.3 Å². The predicted molar refractivity (Wildman–Crippen MR) is 153 cm³/mol. The molecule has 0 spiro atoms. The number of carbonyl (C=O) groups is 2. The summed E-state index contributed by atoms with van der Waals surface area (Å²) < 4.78 is 26.9. The van der Waals surface area contributed by atoms with Crippen molar-refractivity contribution in [3.8, 4) is 0 Å². The van der Waals surface area contributed by atoms with Gasteiger partial charge in [0.2, 0.25) is 15.9 Å². The minimum Gasteiger partial charge on any atom is -0.481 e. The van der Waals surface area contributed by atoms with Gasteiger partial charge in [-0.2, -0.15) is 0 Å². The molecular formula is C29H36Cl2N2O5S. The zero-order valence-corrected chi connectivity index (χ0v) is 24.8. The molecule has 1 aliphatic heterocycles. The maximum absolute atomic E-state index is 14.3. The van der Waals surface area contributed by atoms with Crippen molar-refractivity contribution in [3.63, 3.8) is 0 Å². The summed E-state index contributed by atoms with van der Waals surface area (Å²) in [5.41, 5.74) is 0.945. The highest BCUT2D eigenvalue weighted by molar-refractivity contribution is 7.90. The number of carboxylic acids is 1. The summed E-state index contributed by atoms with van der Waals surface area (Å²) in [5.74, 6) is -1.24. The molecule has 2 aromatic rings. The number of carboxylic acid groups (broad SMARTS) is 1. The quantitative estimate of drug-likeness (QED) is 0.338. The lowest BCUT2D eigenvalue weighted by Gasteiger charge is -2.52. The lowest BCUT2D eigenvalue weighted by Crippen LogP contribution is -2.55. The van der Waals surface area contributed by atoms with Gasteiger partial charge in [-0.3, -0.25) is 9.59 Å². The number of rotatable bonds is 11. The highest BCUT2D eigenvalue weighted by atomic mass is 35.5. The van der Waals surface area contributed by atoms with Gasteiger partial charge in [0, 0.05) is 47.4 Å². The Hall–Kier alpha value is -2.13. The molecular weight excluding hydrogens is 559 g/mol. The molecule has 0 radical (unpaired) electrons. The Morgan fingerprint density at radius 3 is 2.38 bits per heavy atom. The van der Waals surface area contributed by atoms with Gasteiger partial charge in [-0.25, -0.2) is 12.7 Å². The molecule has 2 fully saturated rings. The van der Waals surface area contributed by atoms with Gasteiger partial charge in [-0.1, -0.05) is 54.4 Å². The summed E-state index contributed by atoms with van der Waals surface area (Å²) in [6.07, 6.45) is 2.34. The van der Waals surface area contributed by atoms with Crippen molar-refractivity contribution < 1.29 is 23.1 Å². The first kappa shape index (κ1) is 29.8. The van der Waals surface area contributed by atoms with Crippen LogP contribution < -0.4 is 0 Å². The number of amides is 1. The number of carbonyl (C=O) groups excluding carboxylic acids is 1. The first-order chi connectivity index (χ1) is 18.3. The third kappa shape index (κ3) is 6.62. The number of hydrogen-bond acceptors (Lipinski definition) is 4. The lowest BCUT2D eigenvalue weighted by molar-refractivity contribution is -0.155. The molecule has 0 bridgehead atoms. The van der Waals surface area contributed by atoms with Gasteiger partial charge in [0.15, 0.2) is 0 Å². The van der Waals surface area contributed by atoms with Crippen molar-refractivity contribution in [1.82, 2.24) is 9.21 Å². The number of benzene rings is 2. The maximum atomic E-state index is 14.3. The molecule has 1 heterocycles. The van der Waals surface area contributed by atoms with Crippen molar-refractivity contribution in [2.24, 2.45) is 5.41 Å². The van der Waals surface area contributed by atoms with Crippen LogP contribution in [-0.4, -0.2) is 59.5 Å². The van der Waals surface area contributed by atoms with E-state index in [0.29, 0.717) is 35.7 Å². The van der Waals surface area contributed by atoms with Crippen LogP contribution in [0.25, 0.3) is 0 Å². The van der Waals surface area contributed by atoms with Crippen LogP contribution in [0.1, 0.15) is 75.5 Å². The zero-order valence-electron chi connectivity index (χ0n) is 22.5. The van der Waals surface area contributed by atoms with E-state index in [1.54, 1.807) is 25.2 Å². The van der Waals surface area contributed by atoms with Crippen LogP contribution in [0, 0.1) is 5.41 Å². The molecule has 2 aliphatic rings. The standard InChI is InChI=1S/C29H36Cl2N2O5S/c1-19(14-16-32(3)39(37,38)24-11-12-24)33-27(20-7-9-22(30)10-8-20)25(21-5-4-6-23(31)17-21)18-29(2,28(33)36)15-13-26(34)35/h4-10,17,19,24-25,27H,11-16,18H2,1-3H3,(H,34,35)/t19-,25+,27+,29-/m0/s1. The van der Waals surface area contributed by atoms with E-state index in [1.165, 1.54) is 4.31 Å². The summed E-state index contributed by atoms with van der Waals surface area (Å²) in [7, 11) is -1.74. The van der Waals surface area contributed by atoms with Crippen LogP contribution in [0.2, 0.25) is 10.0 Å². The first-order valence-corrected chi connectivity index (χ1v) is 15.6. The van der Waals surface area contributed by atoms with Gasteiger partial charge in [-0.05, 0) is 74.4 Å². The van der Waals surface area contributed by atoms with E-state index in [1.807, 2.05) is 49.1 Å². The Kier molecular flexibility index (Phi) is 9.01. The Labute approximate surface area is 241 Å². The zero-order chi connectivity index (χ0) is 28.5. The highest BCUT2D eigenvalue weighted by Crippen LogP contribution is 2.52. The van der Waals surface area contributed by atoms with Crippen LogP contribution in [0.5, 0.6) is 0 Å². The van der Waals surface area contributed by atoms with Gasteiger partial charge in [-0.15, -0.1) is 0 Å². The summed E-state index contributed by atoms with van der Waals surface area (Å²) in [6, 6.07) is 14.3. The van der Waals surface area contributed by atoms with E-state index in [0.717, 1.165) is 11.1 Å². The Balaban J connectivity index is 1.75. The number of piperidine rings is 1. The van der Waals surface area contributed by atoms with Gasteiger partial charge in [0.1, 0.15) is 0 Å². The Bertz CT molecular complexity index is 1320. The Morgan fingerprint density at radius 2 is 1.79 bits per heavy atom. The minimum atomic E-state index is -3.34. The molecule has 1 saturated carbocycles. The monoisotopic (exact) mass is 594 g/mol. The number of nitrogens with zero attached hydrogens (tertiary/aromatic N) is 2. The largest absolute Gasteiger partial charge is 0.481 e. The number of sulfonamides is 1. The molecule has 10 heteroatoms. The Morgan fingerprint density at radius 1 is 1.13 bits per heavy atom. The number of hydrogen-bond donors (Lipinski definition) is 1. The molecule has 1 amide bonds. The third-order valence-electron chi connectivity index (χ3n) is 8.20. The minimum absolute atomic E-state index is 0.123. The second-order valence-electron chi connectivity index (χ2n) is 11.2. The second-order valence-corrected chi connectivity index (χ2v) is 14.4. The van der Waals surface area contributed by atoms with E-state index in [9.17, 15) is 23.1 Å². The van der Waals surface area contributed by atoms with Crippen LogP contribution in [0.4, 0.5) is 0 Å². The van der Waals surface area contributed by atoms with E-state index < -0.39 is 21.4 Å². The number of likely N-dealkylation sites (tertiary alicyclic amines) is 1. The van der Waals surface area contributed by atoms with E-state index in [-0.39, 0.29) is 48.5 Å². The smallest absolute Gasteiger partial charge is 0.303 e. The van der Waals surface area contributed by atoms with Crippen LogP contribution in [0.15, 0.2) is 48.5 Å². The molecule has 1 aliphatic carbocycles. The highest BCUT2D eigenvalue weighted by Gasteiger charge is 2.51. The molecule has 4 atom stereocenters. The molecule has 0 unspecified atom stereocenters. The average molecular weight is 596 g/mol. The maximum Gasteiger partial charge on any atom is 0.303 e.